The van der Waals surface area contributed by atoms with Crippen LogP contribution in [-0.2, 0) is 0 Å². The molecule has 0 radical (unpaired) electrons. The van der Waals surface area contributed by atoms with Crippen molar-refractivity contribution in [3.05, 3.63) is 35.3 Å². The van der Waals surface area contributed by atoms with E-state index in [4.69, 9.17) is 19.4 Å². The van der Waals surface area contributed by atoms with Gasteiger partial charge in [0, 0.05) is 22.9 Å². The maximum absolute atomic E-state index is 5.81. The third-order valence-electron chi connectivity index (χ3n) is 3.61. The number of hydrogen-bond donors (Lipinski definition) is 0. The Kier molecular flexibility index (Phi) is 4.48. The summed E-state index contributed by atoms with van der Waals surface area (Å²) in [7, 11) is 1.66. The molecular formula is C18H20N2O2S. The molecule has 0 bridgehead atoms. The molecule has 4 nitrogen and oxygen atoms in total. The van der Waals surface area contributed by atoms with Gasteiger partial charge in [-0.25, -0.2) is 9.97 Å². The molecule has 3 aromatic rings. The first-order valence-corrected chi connectivity index (χ1v) is 8.57. The van der Waals surface area contributed by atoms with Gasteiger partial charge in [-0.05, 0) is 25.0 Å². The highest BCUT2D eigenvalue weighted by Gasteiger charge is 2.13. The lowest BCUT2D eigenvalue weighted by Gasteiger charge is -2.10. The quantitative estimate of drug-likeness (QED) is 0.669. The van der Waals surface area contributed by atoms with Crippen LogP contribution in [0.3, 0.4) is 0 Å². The first-order chi connectivity index (χ1) is 11.1. The molecule has 0 unspecified atom stereocenters. The molecule has 0 aliphatic carbocycles. The Morgan fingerprint density at radius 2 is 2.00 bits per heavy atom. The van der Waals surface area contributed by atoms with Crippen molar-refractivity contribution >= 4 is 22.2 Å². The highest BCUT2D eigenvalue weighted by molar-refractivity contribution is 7.13. The van der Waals surface area contributed by atoms with E-state index in [1.54, 1.807) is 18.4 Å². The summed E-state index contributed by atoms with van der Waals surface area (Å²) in [6.45, 7) is 6.88. The number of aromatic nitrogens is 2. The summed E-state index contributed by atoms with van der Waals surface area (Å²) in [5.74, 6) is 2.02. The maximum Gasteiger partial charge on any atom is 0.142 e. The topological polar surface area (TPSA) is 44.2 Å². The number of thiazole rings is 1. The molecule has 0 atom stereocenters. The molecule has 1 aromatic carbocycles. The summed E-state index contributed by atoms with van der Waals surface area (Å²) in [5, 5.41) is 3.99. The van der Waals surface area contributed by atoms with E-state index in [0.717, 1.165) is 38.8 Å². The van der Waals surface area contributed by atoms with Gasteiger partial charge in [0.2, 0.25) is 0 Å². The molecule has 0 amide bonds. The lowest BCUT2D eigenvalue weighted by Crippen LogP contribution is -1.96. The molecule has 120 valence electrons. The minimum atomic E-state index is 0.409. The summed E-state index contributed by atoms with van der Waals surface area (Å²) in [5.41, 5.74) is 2.79. The van der Waals surface area contributed by atoms with Crippen molar-refractivity contribution in [2.45, 2.75) is 26.7 Å². The fraction of sp³-hybridized carbons (Fsp3) is 0.333. The largest absolute Gasteiger partial charge is 0.497 e. The zero-order chi connectivity index (χ0) is 16.4. The Morgan fingerprint density at radius 3 is 2.65 bits per heavy atom. The van der Waals surface area contributed by atoms with Crippen LogP contribution in [0.2, 0.25) is 0 Å². The molecule has 0 saturated heterocycles. The van der Waals surface area contributed by atoms with E-state index in [1.807, 2.05) is 31.2 Å². The maximum atomic E-state index is 5.81. The van der Waals surface area contributed by atoms with Crippen molar-refractivity contribution < 1.29 is 9.47 Å². The van der Waals surface area contributed by atoms with E-state index in [-0.39, 0.29) is 0 Å². The SMILES string of the molecule is CCOc1cc(-c2nc(C(C)C)cs2)nc2cc(OC)ccc12. The summed E-state index contributed by atoms with van der Waals surface area (Å²) in [4.78, 5) is 9.46. The van der Waals surface area contributed by atoms with Crippen LogP contribution in [0.15, 0.2) is 29.6 Å². The average molecular weight is 328 g/mol. The third-order valence-corrected chi connectivity index (χ3v) is 4.49. The summed E-state index contributed by atoms with van der Waals surface area (Å²) in [6.07, 6.45) is 0. The summed E-state index contributed by atoms with van der Waals surface area (Å²) in [6, 6.07) is 7.81. The fourth-order valence-electron chi connectivity index (χ4n) is 2.36. The smallest absolute Gasteiger partial charge is 0.142 e. The highest BCUT2D eigenvalue weighted by Crippen LogP contribution is 2.34. The van der Waals surface area contributed by atoms with Crippen LogP contribution in [0.1, 0.15) is 32.4 Å². The van der Waals surface area contributed by atoms with Gasteiger partial charge in [-0.1, -0.05) is 13.8 Å². The van der Waals surface area contributed by atoms with Crippen molar-refractivity contribution in [3.8, 4) is 22.2 Å². The van der Waals surface area contributed by atoms with Gasteiger partial charge in [0.05, 0.1) is 24.9 Å². The fourth-order valence-corrected chi connectivity index (χ4v) is 3.30. The standard InChI is InChI=1S/C18H20N2O2S/c1-5-22-17-9-15(18-20-16(10-23-18)11(2)3)19-14-8-12(21-4)6-7-13(14)17/h6-11H,5H2,1-4H3. The average Bonchev–Trinajstić information content (AvgIpc) is 3.04. The van der Waals surface area contributed by atoms with Crippen LogP contribution in [0.4, 0.5) is 0 Å². The van der Waals surface area contributed by atoms with Gasteiger partial charge in [0.25, 0.3) is 0 Å². The van der Waals surface area contributed by atoms with Gasteiger partial charge in [0.1, 0.15) is 22.2 Å². The second-order valence-corrected chi connectivity index (χ2v) is 6.41. The molecule has 0 spiro atoms. The van der Waals surface area contributed by atoms with Gasteiger partial charge in [0.15, 0.2) is 0 Å². The number of methoxy groups -OCH3 is 1. The lowest BCUT2D eigenvalue weighted by molar-refractivity contribution is 0.344. The zero-order valence-electron chi connectivity index (χ0n) is 13.8. The van der Waals surface area contributed by atoms with Crippen LogP contribution < -0.4 is 9.47 Å². The summed E-state index contributed by atoms with van der Waals surface area (Å²) >= 11 is 1.62. The Balaban J connectivity index is 2.15. The first-order valence-electron chi connectivity index (χ1n) is 7.69. The molecule has 2 heterocycles. The highest BCUT2D eigenvalue weighted by atomic mass is 32.1. The van der Waals surface area contributed by atoms with Crippen molar-refractivity contribution in [2.24, 2.45) is 0 Å². The van der Waals surface area contributed by atoms with Gasteiger partial charge in [-0.2, -0.15) is 0 Å². The van der Waals surface area contributed by atoms with Crippen LogP contribution in [-0.4, -0.2) is 23.7 Å². The van der Waals surface area contributed by atoms with E-state index in [9.17, 15) is 0 Å². The molecule has 0 aliphatic heterocycles. The normalized spacial score (nSPS) is 11.2. The number of fused-ring (bicyclic) bond motifs is 1. The number of pyridine rings is 1. The van der Waals surface area contributed by atoms with Crippen molar-refractivity contribution in [1.82, 2.24) is 9.97 Å². The first kappa shape index (κ1) is 15.7. The lowest BCUT2D eigenvalue weighted by atomic mass is 10.1. The van der Waals surface area contributed by atoms with E-state index in [0.29, 0.717) is 12.5 Å². The molecule has 0 fully saturated rings. The molecule has 0 saturated carbocycles. The third kappa shape index (κ3) is 3.15. The van der Waals surface area contributed by atoms with E-state index >= 15 is 0 Å². The number of benzene rings is 1. The molecule has 23 heavy (non-hydrogen) atoms. The molecule has 2 aromatic heterocycles. The van der Waals surface area contributed by atoms with Crippen LogP contribution in [0.5, 0.6) is 11.5 Å². The predicted molar refractivity (Wildman–Crippen MR) is 94.7 cm³/mol. The number of ether oxygens (including phenoxy) is 2. The van der Waals surface area contributed by atoms with Gasteiger partial charge in [-0.3, -0.25) is 0 Å². The Morgan fingerprint density at radius 1 is 1.17 bits per heavy atom. The van der Waals surface area contributed by atoms with Gasteiger partial charge >= 0.3 is 0 Å². The van der Waals surface area contributed by atoms with Gasteiger partial charge in [-0.15, -0.1) is 11.3 Å². The molecule has 0 aliphatic rings. The van der Waals surface area contributed by atoms with E-state index < -0.39 is 0 Å². The monoisotopic (exact) mass is 328 g/mol. The number of nitrogens with zero attached hydrogens (tertiary/aromatic N) is 2. The van der Waals surface area contributed by atoms with E-state index in [1.165, 1.54) is 0 Å². The molecule has 0 N–H and O–H groups in total. The van der Waals surface area contributed by atoms with Gasteiger partial charge < -0.3 is 9.47 Å². The minimum Gasteiger partial charge on any atom is -0.497 e. The number of rotatable bonds is 5. The Bertz CT molecular complexity index is 827. The Labute approximate surface area is 140 Å². The second-order valence-electron chi connectivity index (χ2n) is 5.55. The zero-order valence-corrected chi connectivity index (χ0v) is 14.6. The number of hydrogen-bond acceptors (Lipinski definition) is 5. The molecule has 5 heteroatoms. The molecular weight excluding hydrogens is 308 g/mol. The van der Waals surface area contributed by atoms with E-state index in [2.05, 4.69) is 19.2 Å². The second kappa shape index (κ2) is 6.54. The van der Waals surface area contributed by atoms with Crippen molar-refractivity contribution in [2.75, 3.05) is 13.7 Å². The van der Waals surface area contributed by atoms with Crippen molar-refractivity contribution in [3.63, 3.8) is 0 Å². The molecule has 3 rings (SSSR count). The van der Waals surface area contributed by atoms with Crippen LogP contribution in [0.25, 0.3) is 21.6 Å². The summed E-state index contributed by atoms with van der Waals surface area (Å²) < 4.78 is 11.1. The van der Waals surface area contributed by atoms with Crippen LogP contribution in [0, 0.1) is 0 Å². The minimum absolute atomic E-state index is 0.409. The van der Waals surface area contributed by atoms with Crippen LogP contribution >= 0.6 is 11.3 Å². The predicted octanol–water partition coefficient (Wildman–Crippen LogP) is 4.89. The van der Waals surface area contributed by atoms with Crippen molar-refractivity contribution in [1.29, 1.82) is 0 Å². The Hall–Kier alpha value is -2.14.